The van der Waals surface area contributed by atoms with E-state index in [4.69, 9.17) is 11.6 Å². The van der Waals surface area contributed by atoms with Crippen LogP contribution in [0.25, 0.3) is 0 Å². The van der Waals surface area contributed by atoms with Crippen molar-refractivity contribution in [1.29, 1.82) is 0 Å². The van der Waals surface area contributed by atoms with Crippen LogP contribution in [0.3, 0.4) is 0 Å². The van der Waals surface area contributed by atoms with Gasteiger partial charge in [-0.05, 0) is 6.08 Å². The molecule has 5 heteroatoms. The van der Waals surface area contributed by atoms with Gasteiger partial charge in [-0.3, -0.25) is 4.79 Å². The molecule has 0 heterocycles. The van der Waals surface area contributed by atoms with Gasteiger partial charge in [-0.2, -0.15) is 0 Å². The summed E-state index contributed by atoms with van der Waals surface area (Å²) in [5.41, 5.74) is -0.0381. The average Bonchev–Trinajstić information content (AvgIpc) is 2.25. The lowest BCUT2D eigenvalue weighted by molar-refractivity contribution is -0.000221. The molecule has 1 aliphatic rings. The first kappa shape index (κ1) is 13.1. The topological polar surface area (TPSA) is 17.1 Å². The van der Waals surface area contributed by atoms with E-state index in [0.717, 1.165) is 0 Å². The molecule has 0 amide bonds. The molecule has 2 rings (SSSR count). The van der Waals surface area contributed by atoms with Gasteiger partial charge in [0.05, 0.1) is 6.42 Å². The highest BCUT2D eigenvalue weighted by molar-refractivity contribution is 6.24. The summed E-state index contributed by atoms with van der Waals surface area (Å²) in [6, 6.07) is 7.89. The maximum absolute atomic E-state index is 13.6. The predicted octanol–water partition coefficient (Wildman–Crippen LogP) is 4.13. The number of alkyl halides is 4. The minimum absolute atomic E-state index is 0.244. The summed E-state index contributed by atoms with van der Waals surface area (Å²) in [7, 11) is 0. The van der Waals surface area contributed by atoms with E-state index in [1.54, 1.807) is 18.2 Å². The molecule has 1 nitrogen and oxygen atoms in total. The third-order valence-electron chi connectivity index (χ3n) is 2.66. The third-order valence-corrected chi connectivity index (χ3v) is 2.92. The van der Waals surface area contributed by atoms with Crippen LogP contribution >= 0.6 is 11.6 Å². The summed E-state index contributed by atoms with van der Waals surface area (Å²) in [5, 5.41) is -2.57. The maximum atomic E-state index is 13.6. The van der Waals surface area contributed by atoms with Gasteiger partial charge in [-0.25, -0.2) is 13.2 Å². The number of halogens is 4. The van der Waals surface area contributed by atoms with Crippen LogP contribution in [-0.4, -0.2) is 16.8 Å². The van der Waals surface area contributed by atoms with Gasteiger partial charge in [-0.15, -0.1) is 0 Å². The van der Waals surface area contributed by atoms with Crippen molar-refractivity contribution >= 4 is 17.4 Å². The lowest BCUT2D eigenvalue weighted by Gasteiger charge is -2.28. The summed E-state index contributed by atoms with van der Waals surface area (Å²) in [5.74, 6) is -4.01. The van der Waals surface area contributed by atoms with Crippen molar-refractivity contribution < 1.29 is 18.0 Å². The first-order chi connectivity index (χ1) is 8.29. The van der Waals surface area contributed by atoms with E-state index in [1.165, 1.54) is 12.1 Å². The lowest BCUT2D eigenvalue weighted by Crippen LogP contribution is -2.33. The van der Waals surface area contributed by atoms with Crippen molar-refractivity contribution in [1.82, 2.24) is 0 Å². The van der Waals surface area contributed by atoms with Crippen molar-refractivity contribution in [2.24, 2.45) is 0 Å². The second-order valence-electron chi connectivity index (χ2n) is 4.34. The maximum Gasteiger partial charge on any atom is 0.271 e. The molecule has 0 saturated heterocycles. The van der Waals surface area contributed by atoms with Crippen molar-refractivity contribution in [3.63, 3.8) is 0 Å². The van der Waals surface area contributed by atoms with E-state index in [2.05, 4.69) is 0 Å². The monoisotopic (exact) mass is 274 g/mol. The molecule has 1 aliphatic carbocycles. The van der Waals surface area contributed by atoms with Crippen LogP contribution in [0.2, 0.25) is 0 Å². The largest absolute Gasteiger partial charge is 0.289 e. The number of rotatable bonds is 2. The second-order valence-corrected chi connectivity index (χ2v) is 5.01. The SMILES string of the molecule is O=C(C1=CC(F)(F)CC(F)(Cl)C1)c1ccccc1. The van der Waals surface area contributed by atoms with Crippen molar-refractivity contribution in [3.8, 4) is 0 Å². The Kier molecular flexibility index (Phi) is 3.23. The van der Waals surface area contributed by atoms with Crippen LogP contribution in [0, 0.1) is 0 Å². The molecule has 1 atom stereocenters. The number of carbonyl (C=O) groups is 1. The zero-order valence-corrected chi connectivity index (χ0v) is 10.1. The lowest BCUT2D eigenvalue weighted by atomic mass is 9.89. The van der Waals surface area contributed by atoms with Gasteiger partial charge in [0.1, 0.15) is 0 Å². The quantitative estimate of drug-likeness (QED) is 0.585. The Hall–Kier alpha value is -1.29. The van der Waals surface area contributed by atoms with E-state index in [0.29, 0.717) is 6.08 Å². The number of carbonyl (C=O) groups excluding carboxylic acids is 1. The van der Waals surface area contributed by atoms with Crippen LogP contribution in [0.1, 0.15) is 23.2 Å². The van der Waals surface area contributed by atoms with Crippen molar-refractivity contribution in [2.75, 3.05) is 0 Å². The summed E-state index contributed by atoms with van der Waals surface area (Å²) in [6.07, 6.45) is -1.09. The number of hydrogen-bond donors (Lipinski definition) is 0. The summed E-state index contributed by atoms with van der Waals surface area (Å²) >= 11 is 5.34. The summed E-state index contributed by atoms with van der Waals surface area (Å²) < 4.78 is 40.1. The molecular formula is C13H10ClF3O. The van der Waals surface area contributed by atoms with E-state index in [9.17, 15) is 18.0 Å². The molecule has 1 aromatic rings. The molecule has 0 fully saturated rings. The highest BCUT2D eigenvalue weighted by Crippen LogP contribution is 2.43. The van der Waals surface area contributed by atoms with Crippen molar-refractivity contribution in [2.45, 2.75) is 23.9 Å². The number of allylic oxidation sites excluding steroid dienone is 2. The van der Waals surface area contributed by atoms with Gasteiger partial charge in [0, 0.05) is 17.6 Å². The zero-order valence-electron chi connectivity index (χ0n) is 9.30. The Balaban J connectivity index is 2.34. The normalized spacial score (nSPS) is 26.6. The fraction of sp³-hybridized carbons (Fsp3) is 0.308. The predicted molar refractivity (Wildman–Crippen MR) is 62.7 cm³/mol. The number of Topliss-reactive ketones (excluding diaryl/α,β-unsaturated/α-hetero) is 1. The van der Waals surface area contributed by atoms with Gasteiger partial charge in [0.25, 0.3) is 5.92 Å². The minimum Gasteiger partial charge on any atom is -0.289 e. The highest BCUT2D eigenvalue weighted by Gasteiger charge is 2.46. The number of benzene rings is 1. The van der Waals surface area contributed by atoms with Crippen LogP contribution in [0.15, 0.2) is 42.0 Å². The molecule has 96 valence electrons. The smallest absolute Gasteiger partial charge is 0.271 e. The molecule has 0 spiro atoms. The van der Waals surface area contributed by atoms with Crippen molar-refractivity contribution in [3.05, 3.63) is 47.5 Å². The fourth-order valence-corrected chi connectivity index (χ4v) is 2.29. The van der Waals surface area contributed by atoms with E-state index < -0.39 is 29.7 Å². The average molecular weight is 275 g/mol. The zero-order chi connectivity index (χ0) is 13.4. The molecule has 1 unspecified atom stereocenters. The number of hydrogen-bond acceptors (Lipinski definition) is 1. The summed E-state index contributed by atoms with van der Waals surface area (Å²) in [6.45, 7) is 0. The van der Waals surface area contributed by atoms with E-state index in [-0.39, 0.29) is 11.1 Å². The molecule has 0 saturated carbocycles. The first-order valence-corrected chi connectivity index (χ1v) is 5.74. The third kappa shape index (κ3) is 2.93. The minimum atomic E-state index is -3.39. The van der Waals surface area contributed by atoms with Crippen LogP contribution in [-0.2, 0) is 0 Å². The highest BCUT2D eigenvalue weighted by atomic mass is 35.5. The Morgan fingerprint density at radius 2 is 1.78 bits per heavy atom. The Labute approximate surface area is 107 Å². The van der Waals surface area contributed by atoms with Gasteiger partial charge in [-0.1, -0.05) is 41.9 Å². The molecule has 0 aromatic heterocycles. The molecule has 18 heavy (non-hydrogen) atoms. The Bertz CT molecular complexity index is 494. The number of ketones is 1. The van der Waals surface area contributed by atoms with Gasteiger partial charge in [0.2, 0.25) is 0 Å². The van der Waals surface area contributed by atoms with Gasteiger partial charge >= 0.3 is 0 Å². The Morgan fingerprint density at radius 1 is 1.17 bits per heavy atom. The van der Waals surface area contributed by atoms with Gasteiger partial charge in [0.15, 0.2) is 10.9 Å². The van der Waals surface area contributed by atoms with E-state index >= 15 is 0 Å². The van der Waals surface area contributed by atoms with Crippen LogP contribution in [0.5, 0.6) is 0 Å². The second kappa shape index (κ2) is 4.43. The molecular weight excluding hydrogens is 265 g/mol. The molecule has 1 aromatic carbocycles. The molecule has 0 aliphatic heterocycles. The van der Waals surface area contributed by atoms with Crippen LogP contribution < -0.4 is 0 Å². The van der Waals surface area contributed by atoms with Gasteiger partial charge < -0.3 is 0 Å². The first-order valence-electron chi connectivity index (χ1n) is 5.36. The molecule has 0 radical (unpaired) electrons. The fourth-order valence-electron chi connectivity index (χ4n) is 1.96. The van der Waals surface area contributed by atoms with E-state index in [1.807, 2.05) is 0 Å². The van der Waals surface area contributed by atoms with Crippen LogP contribution in [0.4, 0.5) is 13.2 Å². The molecule has 0 bridgehead atoms. The Morgan fingerprint density at radius 3 is 2.33 bits per heavy atom. The summed E-state index contributed by atoms with van der Waals surface area (Å²) in [4.78, 5) is 11.9. The standard InChI is InChI=1S/C13H10ClF3O/c14-12(15)6-10(7-13(16,17)8-12)11(18)9-4-2-1-3-5-9/h1-5,7H,6,8H2. The molecule has 0 N–H and O–H groups in total.